The number of nitrogens with one attached hydrogen (secondary N) is 1. The molecule has 1 aliphatic heterocycles. The lowest BCUT2D eigenvalue weighted by molar-refractivity contribution is -0.117. The molecule has 0 saturated carbocycles. The molecule has 1 aromatic carbocycles. The van der Waals surface area contributed by atoms with E-state index in [4.69, 9.17) is 0 Å². The number of nitrogens with zero attached hydrogens (tertiary/aromatic N) is 5. The zero-order valence-corrected chi connectivity index (χ0v) is 12.6. The maximum Gasteiger partial charge on any atom is 0.249 e. The number of amides is 1. The number of hydrogen-bond donors (Lipinski definition) is 1. The molecule has 1 N–H and O–H groups in total. The summed E-state index contributed by atoms with van der Waals surface area (Å²) in [6.45, 7) is 2.05. The predicted molar refractivity (Wildman–Crippen MR) is 86.2 cm³/mol. The zero-order valence-electron chi connectivity index (χ0n) is 12.6. The average Bonchev–Trinajstić information content (AvgIpc) is 3.14. The van der Waals surface area contributed by atoms with Gasteiger partial charge in [-0.1, -0.05) is 18.2 Å². The molecule has 0 unspecified atom stereocenters. The summed E-state index contributed by atoms with van der Waals surface area (Å²) in [6.07, 6.45) is 5.76. The second-order valence-electron chi connectivity index (χ2n) is 5.66. The van der Waals surface area contributed by atoms with Gasteiger partial charge in [-0.15, -0.1) is 10.2 Å². The van der Waals surface area contributed by atoms with Crippen LogP contribution < -0.4 is 10.2 Å². The second-order valence-corrected chi connectivity index (χ2v) is 5.66. The van der Waals surface area contributed by atoms with Crippen molar-refractivity contribution in [2.24, 2.45) is 0 Å². The Bertz CT molecular complexity index is 846. The topological polar surface area (TPSA) is 75.4 Å². The molecule has 0 spiro atoms. The molecular weight excluding hydrogens is 292 g/mol. The van der Waals surface area contributed by atoms with Crippen LogP contribution in [0.2, 0.25) is 0 Å². The Morgan fingerprint density at radius 2 is 2.09 bits per heavy atom. The van der Waals surface area contributed by atoms with Crippen LogP contribution >= 0.6 is 0 Å². The first-order valence-electron chi connectivity index (χ1n) is 7.53. The van der Waals surface area contributed by atoms with Crippen molar-refractivity contribution < 1.29 is 4.79 Å². The molecule has 3 aromatic rings. The highest BCUT2D eigenvalue weighted by atomic mass is 16.2. The lowest BCUT2D eigenvalue weighted by Gasteiger charge is -2.21. The summed E-state index contributed by atoms with van der Waals surface area (Å²) >= 11 is 0. The van der Waals surface area contributed by atoms with Gasteiger partial charge in [-0.05, 0) is 25.5 Å². The summed E-state index contributed by atoms with van der Waals surface area (Å²) in [5.74, 6) is 0.623. The van der Waals surface area contributed by atoms with Crippen molar-refractivity contribution in [3.63, 3.8) is 0 Å². The Morgan fingerprint density at radius 1 is 1.26 bits per heavy atom. The molecule has 0 aliphatic carbocycles. The van der Waals surface area contributed by atoms with Crippen LogP contribution in [0.1, 0.15) is 13.3 Å². The van der Waals surface area contributed by atoms with Gasteiger partial charge in [0, 0.05) is 24.1 Å². The molecule has 4 rings (SSSR count). The van der Waals surface area contributed by atoms with E-state index in [2.05, 4.69) is 27.4 Å². The summed E-state index contributed by atoms with van der Waals surface area (Å²) in [4.78, 5) is 18.9. The van der Waals surface area contributed by atoms with E-state index >= 15 is 0 Å². The standard InChI is InChI=1S/C16H16N6O/c1-11-9-13(16(23)22(11)12-5-3-2-4-6-12)19-14-15-20-18-10-21(15)8-7-17-14/h2-8,10-11,13H,9H2,1H3,(H,17,19)/t11-,13-/m1/s1. The third-order valence-corrected chi connectivity index (χ3v) is 4.11. The van der Waals surface area contributed by atoms with E-state index in [0.29, 0.717) is 17.9 Å². The molecule has 3 heterocycles. The van der Waals surface area contributed by atoms with Gasteiger partial charge in [0.25, 0.3) is 0 Å². The van der Waals surface area contributed by atoms with Crippen LogP contribution in [0, 0.1) is 0 Å². The van der Waals surface area contributed by atoms with E-state index in [-0.39, 0.29) is 18.0 Å². The molecule has 7 heteroatoms. The minimum absolute atomic E-state index is 0.0482. The maximum absolute atomic E-state index is 12.8. The third-order valence-electron chi connectivity index (χ3n) is 4.11. The Balaban J connectivity index is 1.61. The summed E-state index contributed by atoms with van der Waals surface area (Å²) in [6, 6.07) is 9.53. The first-order valence-corrected chi connectivity index (χ1v) is 7.53. The van der Waals surface area contributed by atoms with E-state index in [9.17, 15) is 4.79 Å². The van der Waals surface area contributed by atoms with E-state index in [1.165, 1.54) is 0 Å². The number of hydrogen-bond acceptors (Lipinski definition) is 5. The van der Waals surface area contributed by atoms with E-state index in [0.717, 1.165) is 5.69 Å². The van der Waals surface area contributed by atoms with Gasteiger partial charge in [-0.2, -0.15) is 0 Å². The lowest BCUT2D eigenvalue weighted by atomic mass is 10.2. The Hall–Kier alpha value is -2.96. The van der Waals surface area contributed by atoms with Crippen molar-refractivity contribution in [3.8, 4) is 0 Å². The number of rotatable bonds is 3. The van der Waals surface area contributed by atoms with Crippen molar-refractivity contribution >= 4 is 23.1 Å². The zero-order chi connectivity index (χ0) is 15.8. The minimum Gasteiger partial charge on any atom is -0.355 e. The molecule has 1 amide bonds. The van der Waals surface area contributed by atoms with E-state index < -0.39 is 0 Å². The Labute approximate surface area is 133 Å². The highest BCUT2D eigenvalue weighted by Crippen LogP contribution is 2.28. The molecule has 1 fully saturated rings. The molecule has 0 bridgehead atoms. The van der Waals surface area contributed by atoms with Crippen molar-refractivity contribution in [1.29, 1.82) is 0 Å². The van der Waals surface area contributed by atoms with Gasteiger partial charge in [0.2, 0.25) is 11.6 Å². The average molecular weight is 308 g/mol. The van der Waals surface area contributed by atoms with Crippen LogP contribution in [0.4, 0.5) is 11.5 Å². The number of anilines is 2. The van der Waals surface area contributed by atoms with Gasteiger partial charge in [-0.3, -0.25) is 9.20 Å². The monoisotopic (exact) mass is 308 g/mol. The molecule has 116 valence electrons. The largest absolute Gasteiger partial charge is 0.355 e. The second kappa shape index (κ2) is 5.35. The fraction of sp³-hybridized carbons (Fsp3) is 0.250. The molecule has 0 radical (unpaired) electrons. The highest BCUT2D eigenvalue weighted by molar-refractivity contribution is 6.01. The van der Waals surface area contributed by atoms with Crippen LogP contribution in [-0.2, 0) is 4.79 Å². The Morgan fingerprint density at radius 3 is 2.91 bits per heavy atom. The van der Waals surface area contributed by atoms with Gasteiger partial charge in [0.15, 0.2) is 5.82 Å². The van der Waals surface area contributed by atoms with Gasteiger partial charge >= 0.3 is 0 Å². The molecule has 23 heavy (non-hydrogen) atoms. The van der Waals surface area contributed by atoms with Crippen molar-refractivity contribution in [2.75, 3.05) is 10.2 Å². The number of carbonyl (C=O) groups excluding carboxylic acids is 1. The van der Waals surface area contributed by atoms with Crippen molar-refractivity contribution in [2.45, 2.75) is 25.4 Å². The first-order chi connectivity index (χ1) is 11.2. The van der Waals surface area contributed by atoms with Crippen LogP contribution in [0.15, 0.2) is 49.1 Å². The molecule has 2 aromatic heterocycles. The highest BCUT2D eigenvalue weighted by Gasteiger charge is 2.38. The number of para-hydroxylation sites is 1. The van der Waals surface area contributed by atoms with Crippen molar-refractivity contribution in [3.05, 3.63) is 49.1 Å². The molecule has 1 aliphatic rings. The summed E-state index contributed by atoms with van der Waals surface area (Å²) in [5, 5.41) is 11.1. The summed E-state index contributed by atoms with van der Waals surface area (Å²) in [7, 11) is 0. The lowest BCUT2D eigenvalue weighted by Crippen LogP contribution is -2.35. The summed E-state index contributed by atoms with van der Waals surface area (Å²) in [5.41, 5.74) is 1.54. The van der Waals surface area contributed by atoms with Gasteiger partial charge in [-0.25, -0.2) is 4.98 Å². The SMILES string of the molecule is C[C@@H]1C[C@@H](Nc2nccn3cnnc23)C(=O)N1c1ccccc1. The van der Waals surface area contributed by atoms with Gasteiger partial charge in [0.1, 0.15) is 12.4 Å². The molecular formula is C16H16N6O. The Kier molecular flexibility index (Phi) is 3.18. The number of benzene rings is 1. The van der Waals surface area contributed by atoms with Crippen LogP contribution in [-0.4, -0.2) is 37.6 Å². The van der Waals surface area contributed by atoms with E-state index in [1.54, 1.807) is 23.1 Å². The number of carbonyl (C=O) groups is 1. The smallest absolute Gasteiger partial charge is 0.249 e. The first kappa shape index (κ1) is 13.7. The quantitative estimate of drug-likeness (QED) is 0.797. The fourth-order valence-corrected chi connectivity index (χ4v) is 3.05. The van der Waals surface area contributed by atoms with Crippen LogP contribution in [0.5, 0.6) is 0 Å². The molecule has 7 nitrogen and oxygen atoms in total. The van der Waals surface area contributed by atoms with E-state index in [1.807, 2.05) is 35.2 Å². The fourth-order valence-electron chi connectivity index (χ4n) is 3.05. The molecule has 2 atom stereocenters. The van der Waals surface area contributed by atoms with Crippen LogP contribution in [0.25, 0.3) is 5.65 Å². The maximum atomic E-state index is 12.8. The summed E-state index contributed by atoms with van der Waals surface area (Å²) < 4.78 is 1.77. The predicted octanol–water partition coefficient (Wildman–Crippen LogP) is 1.73. The number of fused-ring (bicyclic) bond motifs is 1. The third kappa shape index (κ3) is 2.30. The molecule has 1 saturated heterocycles. The minimum atomic E-state index is -0.319. The normalized spacial score (nSPS) is 21.1. The number of aromatic nitrogens is 4. The van der Waals surface area contributed by atoms with Gasteiger partial charge in [0.05, 0.1) is 0 Å². The van der Waals surface area contributed by atoms with Gasteiger partial charge < -0.3 is 10.2 Å². The van der Waals surface area contributed by atoms with Crippen molar-refractivity contribution in [1.82, 2.24) is 19.6 Å². The van der Waals surface area contributed by atoms with Crippen LogP contribution in [0.3, 0.4) is 0 Å².